The summed E-state index contributed by atoms with van der Waals surface area (Å²) in [5.41, 5.74) is 1.55. The molecule has 2 N–H and O–H groups in total. The Morgan fingerprint density at radius 2 is 2.25 bits per heavy atom. The van der Waals surface area contributed by atoms with Gasteiger partial charge in [0.2, 0.25) is 0 Å². The maximum atomic E-state index is 11.1. The van der Waals surface area contributed by atoms with Crippen LogP contribution in [0.5, 0.6) is 0 Å². The molecule has 12 heavy (non-hydrogen) atoms. The minimum Gasteiger partial charge on any atom is -0.369 e. The molecule has 0 spiro atoms. The van der Waals surface area contributed by atoms with Gasteiger partial charge in [-0.25, -0.2) is 0 Å². The lowest BCUT2D eigenvalue weighted by Gasteiger charge is -2.01. The molecule has 1 aromatic carbocycles. The Hall–Kier alpha value is -0.350. The zero-order chi connectivity index (χ0) is 8.97. The molecular weight excluding hydrogens is 286 g/mol. The first-order valence-electron chi connectivity index (χ1n) is 3.25. The summed E-state index contributed by atoms with van der Waals surface area (Å²) in [5.74, 6) is -0.0855. The molecule has 0 aromatic heterocycles. The standard InChI is InChI=1S/C7H8IN2OP/c8-9-7(11)5-2-1-3-6(4-5)10-12/h1-4,10H,12H2,(H,9,11). The SMILES string of the molecule is O=C(NI)c1cccc(NP)c1. The van der Waals surface area contributed by atoms with E-state index >= 15 is 0 Å². The minimum atomic E-state index is -0.0855. The Labute approximate surface area is 87.1 Å². The Bertz CT molecular complexity index is 292. The predicted molar refractivity (Wildman–Crippen MR) is 61.3 cm³/mol. The van der Waals surface area contributed by atoms with E-state index in [4.69, 9.17) is 0 Å². The third-order valence-electron chi connectivity index (χ3n) is 1.38. The van der Waals surface area contributed by atoms with Crippen molar-refractivity contribution in [3.8, 4) is 0 Å². The summed E-state index contributed by atoms with van der Waals surface area (Å²) < 4.78 is 2.53. The second kappa shape index (κ2) is 4.62. The summed E-state index contributed by atoms with van der Waals surface area (Å²) in [6, 6.07) is 7.26. The van der Waals surface area contributed by atoms with E-state index in [9.17, 15) is 4.79 Å². The van der Waals surface area contributed by atoms with Crippen LogP contribution in [0.3, 0.4) is 0 Å². The molecule has 1 atom stereocenters. The number of nitrogens with one attached hydrogen (secondary N) is 2. The summed E-state index contributed by atoms with van der Waals surface area (Å²) in [7, 11) is 2.38. The lowest BCUT2D eigenvalue weighted by molar-refractivity contribution is 0.0989. The van der Waals surface area contributed by atoms with Gasteiger partial charge in [0.05, 0.1) is 22.9 Å². The van der Waals surface area contributed by atoms with Gasteiger partial charge in [0.1, 0.15) is 0 Å². The van der Waals surface area contributed by atoms with Gasteiger partial charge in [0, 0.05) is 11.3 Å². The van der Waals surface area contributed by atoms with Gasteiger partial charge in [-0.2, -0.15) is 0 Å². The molecule has 1 aromatic rings. The van der Waals surface area contributed by atoms with Crippen molar-refractivity contribution in [1.82, 2.24) is 3.53 Å². The van der Waals surface area contributed by atoms with Gasteiger partial charge < -0.3 is 5.09 Å². The summed E-state index contributed by atoms with van der Waals surface area (Å²) >= 11 is 1.82. The monoisotopic (exact) mass is 294 g/mol. The van der Waals surface area contributed by atoms with Gasteiger partial charge >= 0.3 is 0 Å². The first kappa shape index (κ1) is 9.74. The minimum absolute atomic E-state index is 0.0855. The molecule has 1 rings (SSSR count). The second-order valence-corrected chi connectivity index (χ2v) is 2.98. The quantitative estimate of drug-likeness (QED) is 0.497. The van der Waals surface area contributed by atoms with Crippen molar-refractivity contribution < 1.29 is 4.79 Å². The molecular formula is C7H8IN2OP. The molecule has 0 aliphatic heterocycles. The highest BCUT2D eigenvalue weighted by Gasteiger charge is 2.02. The first-order valence-corrected chi connectivity index (χ1v) is 4.91. The molecule has 3 nitrogen and oxygen atoms in total. The normalized spacial score (nSPS) is 9.17. The van der Waals surface area contributed by atoms with Crippen molar-refractivity contribution in [2.24, 2.45) is 0 Å². The third kappa shape index (κ3) is 2.32. The lowest BCUT2D eigenvalue weighted by atomic mass is 10.2. The van der Waals surface area contributed by atoms with E-state index in [1.54, 1.807) is 12.1 Å². The van der Waals surface area contributed by atoms with E-state index in [0.717, 1.165) is 5.69 Å². The third-order valence-corrected chi connectivity index (χ3v) is 2.20. The van der Waals surface area contributed by atoms with Crippen molar-refractivity contribution in [3.05, 3.63) is 29.8 Å². The molecule has 0 radical (unpaired) electrons. The topological polar surface area (TPSA) is 41.1 Å². The molecule has 0 aliphatic carbocycles. The first-order chi connectivity index (χ1) is 5.77. The number of halogens is 1. The highest BCUT2D eigenvalue weighted by molar-refractivity contribution is 14.1. The van der Waals surface area contributed by atoms with Gasteiger partial charge in [-0.3, -0.25) is 8.32 Å². The van der Waals surface area contributed by atoms with Crippen LogP contribution in [-0.4, -0.2) is 5.91 Å². The number of carbonyl (C=O) groups is 1. The molecule has 1 amide bonds. The number of carbonyl (C=O) groups excluding carboxylic acids is 1. The molecule has 0 saturated carbocycles. The van der Waals surface area contributed by atoms with E-state index in [1.807, 2.05) is 35.0 Å². The van der Waals surface area contributed by atoms with Crippen molar-refractivity contribution in [1.29, 1.82) is 0 Å². The Balaban J connectivity index is 2.93. The van der Waals surface area contributed by atoms with Crippen LogP contribution in [0.15, 0.2) is 24.3 Å². The average Bonchev–Trinajstić information content (AvgIpc) is 2.17. The van der Waals surface area contributed by atoms with Crippen LogP contribution in [0, 0.1) is 0 Å². The number of hydrogen-bond donors (Lipinski definition) is 2. The van der Waals surface area contributed by atoms with Crippen LogP contribution in [0.25, 0.3) is 0 Å². The molecule has 5 heteroatoms. The van der Waals surface area contributed by atoms with Crippen LogP contribution in [0.2, 0.25) is 0 Å². The Morgan fingerprint density at radius 1 is 1.50 bits per heavy atom. The second-order valence-electron chi connectivity index (χ2n) is 2.15. The fourth-order valence-corrected chi connectivity index (χ4v) is 1.30. The maximum Gasteiger partial charge on any atom is 0.259 e. The smallest absolute Gasteiger partial charge is 0.259 e. The highest BCUT2D eigenvalue weighted by atomic mass is 127. The number of hydrogen-bond acceptors (Lipinski definition) is 2. The average molecular weight is 294 g/mol. The zero-order valence-electron chi connectivity index (χ0n) is 6.17. The summed E-state index contributed by atoms with van der Waals surface area (Å²) in [4.78, 5) is 11.1. The molecule has 0 heterocycles. The van der Waals surface area contributed by atoms with Crippen LogP contribution in [-0.2, 0) is 0 Å². The molecule has 0 fully saturated rings. The van der Waals surface area contributed by atoms with Crippen molar-refractivity contribution >= 4 is 43.8 Å². The number of anilines is 1. The summed E-state index contributed by atoms with van der Waals surface area (Å²) in [6.07, 6.45) is 0. The predicted octanol–water partition coefficient (Wildman–Crippen LogP) is 1.97. The van der Waals surface area contributed by atoms with Crippen LogP contribution >= 0.6 is 32.3 Å². The lowest BCUT2D eigenvalue weighted by Crippen LogP contribution is -2.11. The van der Waals surface area contributed by atoms with Gasteiger partial charge in [-0.1, -0.05) is 6.07 Å². The van der Waals surface area contributed by atoms with Gasteiger partial charge in [0.15, 0.2) is 0 Å². The van der Waals surface area contributed by atoms with Crippen LogP contribution < -0.4 is 8.62 Å². The Morgan fingerprint density at radius 3 is 2.83 bits per heavy atom. The van der Waals surface area contributed by atoms with E-state index in [-0.39, 0.29) is 5.91 Å². The van der Waals surface area contributed by atoms with Crippen molar-refractivity contribution in [2.75, 3.05) is 5.09 Å². The van der Waals surface area contributed by atoms with Crippen molar-refractivity contribution in [2.45, 2.75) is 0 Å². The van der Waals surface area contributed by atoms with Crippen molar-refractivity contribution in [3.63, 3.8) is 0 Å². The van der Waals surface area contributed by atoms with E-state index in [0.29, 0.717) is 5.56 Å². The molecule has 1 unspecified atom stereocenters. The zero-order valence-corrected chi connectivity index (χ0v) is 9.49. The molecule has 0 saturated heterocycles. The molecule has 0 aliphatic rings. The summed E-state index contributed by atoms with van der Waals surface area (Å²) in [6.45, 7) is 0. The fraction of sp³-hybridized carbons (Fsp3) is 0. The number of benzene rings is 1. The van der Waals surface area contributed by atoms with Crippen LogP contribution in [0.1, 0.15) is 10.4 Å². The van der Waals surface area contributed by atoms with Crippen LogP contribution in [0.4, 0.5) is 5.69 Å². The van der Waals surface area contributed by atoms with E-state index in [2.05, 4.69) is 18.0 Å². The molecule has 0 bridgehead atoms. The molecule has 64 valence electrons. The number of amides is 1. The largest absolute Gasteiger partial charge is 0.369 e. The van der Waals surface area contributed by atoms with Gasteiger partial charge in [0.25, 0.3) is 5.91 Å². The maximum absolute atomic E-state index is 11.1. The van der Waals surface area contributed by atoms with E-state index < -0.39 is 0 Å². The van der Waals surface area contributed by atoms with E-state index in [1.165, 1.54) is 0 Å². The fourth-order valence-electron chi connectivity index (χ4n) is 0.805. The van der Waals surface area contributed by atoms with Gasteiger partial charge in [-0.15, -0.1) is 0 Å². The number of rotatable bonds is 2. The van der Waals surface area contributed by atoms with Gasteiger partial charge in [-0.05, 0) is 27.6 Å². The summed E-state index contributed by atoms with van der Waals surface area (Å²) in [5, 5.41) is 2.88. The Kier molecular flexibility index (Phi) is 3.75. The highest BCUT2D eigenvalue weighted by Crippen LogP contribution is 2.11.